The van der Waals surface area contributed by atoms with Crippen molar-refractivity contribution in [2.75, 3.05) is 0 Å². The topological polar surface area (TPSA) is 147 Å². The Kier molecular flexibility index (Phi) is 3.68. The molecule has 0 aliphatic heterocycles. The zero-order valence-electron chi connectivity index (χ0n) is 10.9. The summed E-state index contributed by atoms with van der Waals surface area (Å²) in [6, 6.07) is 8.27. The van der Waals surface area contributed by atoms with Crippen LogP contribution in [0.3, 0.4) is 0 Å². The molecule has 0 spiro atoms. The van der Waals surface area contributed by atoms with Gasteiger partial charge in [-0.2, -0.15) is 0 Å². The average Bonchev–Trinajstić information content (AvgIpc) is 2.47. The second kappa shape index (κ2) is 5.08. The van der Waals surface area contributed by atoms with Crippen molar-refractivity contribution in [3.05, 3.63) is 63.6 Å². The molecule has 0 saturated carbocycles. The number of nitro groups is 1. The molecule has 22 heavy (non-hydrogen) atoms. The molecule has 2 aromatic rings. The van der Waals surface area contributed by atoms with Gasteiger partial charge in [0.05, 0.1) is 0 Å². The molecular weight excluding hydrogens is 315 g/mol. The predicted octanol–water partition coefficient (Wildman–Crippen LogP) is -0.0116. The van der Waals surface area contributed by atoms with Crippen LogP contribution in [0.4, 0.5) is 11.4 Å². The van der Waals surface area contributed by atoms with Gasteiger partial charge in [0.2, 0.25) is 0 Å². The number of nitrogens with zero attached hydrogens (tertiary/aromatic N) is 2. The molecule has 0 amide bonds. The van der Waals surface area contributed by atoms with E-state index in [-0.39, 0.29) is 5.69 Å². The van der Waals surface area contributed by atoms with Gasteiger partial charge < -0.3 is 0 Å². The van der Waals surface area contributed by atoms with Crippen molar-refractivity contribution in [3.63, 3.8) is 0 Å². The van der Waals surface area contributed by atoms with Crippen LogP contribution < -0.4 is 15.5 Å². The maximum absolute atomic E-state index is 12.6. The molecule has 0 radical (unpaired) electrons. The van der Waals surface area contributed by atoms with Gasteiger partial charge in [-0.15, -0.1) is 0 Å². The monoisotopic (exact) mass is 326 g/mol. The van der Waals surface area contributed by atoms with Crippen LogP contribution in [0.15, 0.2) is 48.5 Å². The number of non-ortho nitro benzene ring substituents is 1. The summed E-state index contributed by atoms with van der Waals surface area (Å²) in [4.78, 5) is 53.4. The summed E-state index contributed by atoms with van der Waals surface area (Å²) in [6.45, 7) is 0. The van der Waals surface area contributed by atoms with Crippen LogP contribution in [-0.4, -0.2) is 24.8 Å². The Morgan fingerprint density at radius 3 is 1.82 bits per heavy atom. The van der Waals surface area contributed by atoms with Gasteiger partial charge in [0.25, 0.3) is 0 Å². The molecule has 2 rings (SSSR count). The van der Waals surface area contributed by atoms with Gasteiger partial charge >= 0.3 is 123 Å². The van der Waals surface area contributed by atoms with Crippen LogP contribution in [0.1, 0.15) is 0 Å². The Morgan fingerprint density at radius 1 is 0.909 bits per heavy atom. The summed E-state index contributed by atoms with van der Waals surface area (Å²) < 4.78 is 0. The molecule has 2 aromatic carbocycles. The summed E-state index contributed by atoms with van der Waals surface area (Å²) in [7, 11) is -5.93. The van der Waals surface area contributed by atoms with Crippen LogP contribution in [0.2, 0.25) is 0 Å². The average molecular weight is 326 g/mol. The van der Waals surface area contributed by atoms with E-state index >= 15 is 0 Å². The van der Waals surface area contributed by atoms with E-state index in [9.17, 15) is 29.7 Å². The van der Waals surface area contributed by atoms with E-state index in [2.05, 4.69) is 0 Å². The molecule has 0 aliphatic rings. The van der Waals surface area contributed by atoms with Crippen molar-refractivity contribution in [3.8, 4) is 0 Å². The molecule has 0 bridgehead atoms. The van der Waals surface area contributed by atoms with Gasteiger partial charge in [-0.3, -0.25) is 0 Å². The van der Waals surface area contributed by atoms with E-state index in [0.717, 1.165) is 42.5 Å². The molecule has 9 nitrogen and oxygen atoms in total. The summed E-state index contributed by atoms with van der Waals surface area (Å²) in [5.74, 6) is 0. The molecule has 10 heteroatoms. The third kappa shape index (κ3) is 2.78. The molecular formula is C12H11N2O7P. The second-order valence-electron chi connectivity index (χ2n) is 4.52. The summed E-state index contributed by atoms with van der Waals surface area (Å²) in [5, 5.41) is 18.4. The second-order valence-corrected chi connectivity index (χ2v) is 7.44. The zero-order chi connectivity index (χ0) is 16.6. The van der Waals surface area contributed by atoms with Gasteiger partial charge in [-0.05, 0) is 0 Å². The Hall–Kier alpha value is -2.45. The minimum absolute atomic E-state index is 0.379. The predicted molar refractivity (Wildman–Crippen MR) is 75.2 cm³/mol. The molecule has 0 fully saturated rings. The fourth-order valence-electron chi connectivity index (χ4n) is 1.87. The Labute approximate surface area is 123 Å². The van der Waals surface area contributed by atoms with Crippen molar-refractivity contribution in [2.24, 2.45) is 0 Å². The van der Waals surface area contributed by atoms with Crippen LogP contribution in [-0.2, 0) is 0 Å². The van der Waals surface area contributed by atoms with Crippen molar-refractivity contribution in [1.29, 1.82) is 0 Å². The Bertz CT molecular complexity index is 708. The molecule has 0 unspecified atom stereocenters. The molecule has 116 valence electrons. The maximum atomic E-state index is 12.6. The fraction of sp³-hybridized carbons (Fsp3) is 0. The van der Waals surface area contributed by atoms with E-state index < -0.39 is 33.4 Å². The van der Waals surface area contributed by atoms with Gasteiger partial charge in [0, 0.05) is 0 Å². The van der Waals surface area contributed by atoms with Crippen molar-refractivity contribution >= 4 is 29.3 Å². The third-order valence-corrected chi connectivity index (χ3v) is 5.44. The quantitative estimate of drug-likeness (QED) is 0.406. The Morgan fingerprint density at radius 2 is 1.36 bits per heavy atom. The summed E-state index contributed by atoms with van der Waals surface area (Å²) in [6.07, 6.45) is 0. The van der Waals surface area contributed by atoms with E-state index in [1.54, 1.807) is 0 Å². The number of nitro benzene ring substituents is 1. The van der Waals surface area contributed by atoms with Crippen LogP contribution in [0.5, 0.6) is 0 Å². The van der Waals surface area contributed by atoms with Crippen molar-refractivity contribution in [2.45, 2.75) is 0 Å². The number of benzene rings is 2. The third-order valence-electron chi connectivity index (χ3n) is 3.02. The Balaban J connectivity index is 2.64. The van der Waals surface area contributed by atoms with Gasteiger partial charge in [0.1, 0.15) is 0 Å². The van der Waals surface area contributed by atoms with E-state index in [1.165, 1.54) is 6.07 Å². The normalized spacial score (nSPS) is 13.1. The SMILES string of the molecule is O=[N+]([O-])c1cccc(P([O-])(O)(O)c2cccc([N+](=O)O)c2)c1. The molecule has 0 aromatic heterocycles. The number of rotatable bonds is 4. The van der Waals surface area contributed by atoms with Gasteiger partial charge in [0.15, 0.2) is 0 Å². The molecule has 0 saturated heterocycles. The van der Waals surface area contributed by atoms with Gasteiger partial charge in [-0.25, -0.2) is 0 Å². The van der Waals surface area contributed by atoms with Crippen molar-refractivity contribution in [1.82, 2.24) is 0 Å². The number of hydrogen-bond acceptors (Lipinski definition) is 6. The standard InChI is InChI=1S/C12H11N2O7P/c15-13(16)9-3-1-5-11(7-9)22(19,20,21)12-6-2-4-10(8-12)14(17)18/h1-8,19-20H,(H,15,16). The summed E-state index contributed by atoms with van der Waals surface area (Å²) in [5.41, 5.74) is -0.856. The fourth-order valence-corrected chi connectivity index (χ4v) is 3.61. The minimum atomic E-state index is -5.93. The van der Waals surface area contributed by atoms with Crippen molar-refractivity contribution < 1.29 is 29.7 Å². The van der Waals surface area contributed by atoms with E-state index in [4.69, 9.17) is 5.21 Å². The van der Waals surface area contributed by atoms with Gasteiger partial charge in [-0.1, -0.05) is 0 Å². The first kappa shape index (κ1) is 15.9. The number of hydrogen-bond donors (Lipinski definition) is 3. The van der Waals surface area contributed by atoms with Crippen LogP contribution in [0, 0.1) is 15.0 Å². The first-order valence-electron chi connectivity index (χ1n) is 5.87. The zero-order valence-corrected chi connectivity index (χ0v) is 11.8. The van der Waals surface area contributed by atoms with E-state index in [1.807, 2.05) is 0 Å². The molecule has 0 heterocycles. The molecule has 3 N–H and O–H groups in total. The first-order valence-corrected chi connectivity index (χ1v) is 7.93. The molecule has 0 aliphatic carbocycles. The summed E-state index contributed by atoms with van der Waals surface area (Å²) >= 11 is 0. The van der Waals surface area contributed by atoms with Crippen LogP contribution >= 0.6 is 7.28 Å². The van der Waals surface area contributed by atoms with Crippen LogP contribution in [0.25, 0.3) is 0 Å². The molecule has 0 atom stereocenters. The van der Waals surface area contributed by atoms with E-state index in [0.29, 0.717) is 0 Å². The first-order chi connectivity index (χ1) is 10.1.